The van der Waals surface area contributed by atoms with Gasteiger partial charge in [-0.2, -0.15) is 0 Å². The maximum atomic E-state index is 12.2. The fraction of sp³-hybridized carbons (Fsp3) is 0.261. The van der Waals surface area contributed by atoms with Gasteiger partial charge < -0.3 is 30.9 Å². The summed E-state index contributed by atoms with van der Waals surface area (Å²) < 4.78 is 19.0. The number of imidazole rings is 2. The Morgan fingerprint density at radius 3 is 1.97 bits per heavy atom. The highest BCUT2D eigenvalue weighted by Gasteiger charge is 2.24. The van der Waals surface area contributed by atoms with Gasteiger partial charge in [0.2, 0.25) is 10.9 Å². The molecule has 37 heavy (non-hydrogen) atoms. The minimum absolute atomic E-state index is 0.000934. The van der Waals surface area contributed by atoms with Crippen molar-refractivity contribution in [2.75, 3.05) is 25.9 Å². The minimum atomic E-state index is -0.665. The molecule has 4 aromatic heterocycles. The van der Waals surface area contributed by atoms with Crippen molar-refractivity contribution in [1.29, 1.82) is 0 Å². The Labute approximate surface area is 211 Å². The van der Waals surface area contributed by atoms with Gasteiger partial charge >= 0.3 is 6.09 Å². The Bertz CT molecular complexity index is 1490. The zero-order valence-corrected chi connectivity index (χ0v) is 21.0. The number of pyridine rings is 2. The summed E-state index contributed by atoms with van der Waals surface area (Å²) in [5, 5.41) is 0. The molecule has 4 aromatic rings. The van der Waals surface area contributed by atoms with Crippen LogP contribution in [0.5, 0.6) is 11.5 Å². The number of H-pyrrole nitrogens is 1. The second-order valence-corrected chi connectivity index (χ2v) is 8.48. The number of ether oxygens (including phenoxy) is 3. The molecule has 0 fully saturated rings. The SMILES string of the molecule is COc1c(-c2ncc[nH]2)n(N)ccc1=O.COc1c(-c2nccn2C(=O)OC(C)(C)C)n(N)ccc1=O. The van der Waals surface area contributed by atoms with Crippen LogP contribution in [-0.2, 0) is 4.74 Å². The van der Waals surface area contributed by atoms with Crippen molar-refractivity contribution in [2.45, 2.75) is 26.4 Å². The van der Waals surface area contributed by atoms with Crippen LogP contribution in [0.1, 0.15) is 20.8 Å². The predicted octanol–water partition coefficient (Wildman–Crippen LogP) is 1.18. The van der Waals surface area contributed by atoms with E-state index in [1.807, 2.05) is 0 Å². The number of rotatable bonds is 4. The quantitative estimate of drug-likeness (QED) is 0.335. The molecule has 0 radical (unpaired) electrons. The lowest BCUT2D eigenvalue weighted by Crippen LogP contribution is -2.28. The van der Waals surface area contributed by atoms with E-state index < -0.39 is 11.7 Å². The third kappa shape index (κ3) is 5.80. The molecule has 0 bridgehead atoms. The monoisotopic (exact) mass is 512 g/mol. The van der Waals surface area contributed by atoms with Crippen molar-refractivity contribution in [1.82, 2.24) is 28.9 Å². The smallest absolute Gasteiger partial charge is 0.420 e. The number of hydrogen-bond donors (Lipinski definition) is 3. The number of hydrogen-bond acceptors (Lipinski definition) is 10. The van der Waals surface area contributed by atoms with Gasteiger partial charge in [-0.15, -0.1) is 0 Å². The van der Waals surface area contributed by atoms with Crippen molar-refractivity contribution in [3.05, 3.63) is 69.8 Å². The first kappa shape index (κ1) is 26.6. The fourth-order valence-corrected chi connectivity index (χ4v) is 3.24. The summed E-state index contributed by atoms with van der Waals surface area (Å²) in [5.74, 6) is 12.4. The van der Waals surface area contributed by atoms with Gasteiger partial charge in [0.15, 0.2) is 34.5 Å². The predicted molar refractivity (Wildman–Crippen MR) is 135 cm³/mol. The Morgan fingerprint density at radius 2 is 1.46 bits per heavy atom. The lowest BCUT2D eigenvalue weighted by Gasteiger charge is -2.20. The molecule has 4 heterocycles. The highest BCUT2D eigenvalue weighted by atomic mass is 16.6. The average molecular weight is 513 g/mol. The maximum absolute atomic E-state index is 12.2. The number of carbonyl (C=O) groups excluding carboxylic acids is 1. The molecule has 0 saturated carbocycles. The van der Waals surface area contributed by atoms with Gasteiger partial charge in [-0.1, -0.05) is 0 Å². The van der Waals surface area contributed by atoms with E-state index in [1.165, 1.54) is 65.1 Å². The Hall–Kier alpha value is -5.01. The van der Waals surface area contributed by atoms with Gasteiger partial charge in [0.25, 0.3) is 0 Å². The van der Waals surface area contributed by atoms with Gasteiger partial charge in [0, 0.05) is 49.3 Å². The van der Waals surface area contributed by atoms with Crippen LogP contribution in [0.4, 0.5) is 4.79 Å². The number of carbonyl (C=O) groups is 1. The summed E-state index contributed by atoms with van der Waals surface area (Å²) in [6.45, 7) is 5.26. The van der Waals surface area contributed by atoms with Gasteiger partial charge in [-0.05, 0) is 20.8 Å². The highest BCUT2D eigenvalue weighted by Crippen LogP contribution is 2.25. The van der Waals surface area contributed by atoms with E-state index in [0.717, 1.165) is 0 Å². The van der Waals surface area contributed by atoms with Crippen LogP contribution in [0, 0.1) is 0 Å². The summed E-state index contributed by atoms with van der Waals surface area (Å²) in [6.07, 6.45) is 8.27. The van der Waals surface area contributed by atoms with E-state index in [-0.39, 0.29) is 33.9 Å². The second kappa shape index (κ2) is 10.7. The molecule has 0 saturated heterocycles. The van der Waals surface area contributed by atoms with E-state index in [9.17, 15) is 14.4 Å². The van der Waals surface area contributed by atoms with E-state index in [1.54, 1.807) is 33.2 Å². The molecule has 0 spiro atoms. The number of nitrogens with two attached hydrogens (primary N) is 2. The number of nitrogens with one attached hydrogen (secondary N) is 1. The first-order chi connectivity index (χ1) is 17.5. The van der Waals surface area contributed by atoms with Crippen LogP contribution in [-0.4, -0.2) is 54.8 Å². The van der Waals surface area contributed by atoms with Gasteiger partial charge in [0.1, 0.15) is 5.60 Å². The lowest BCUT2D eigenvalue weighted by molar-refractivity contribution is 0.0539. The van der Waals surface area contributed by atoms with Gasteiger partial charge in [-0.25, -0.2) is 19.3 Å². The zero-order valence-electron chi connectivity index (χ0n) is 21.0. The summed E-state index contributed by atoms with van der Waals surface area (Å²) in [5.41, 5.74) is -0.647. The number of methoxy groups -OCH3 is 2. The Balaban J connectivity index is 0.000000220. The second-order valence-electron chi connectivity index (χ2n) is 8.48. The van der Waals surface area contributed by atoms with Crippen molar-refractivity contribution in [3.63, 3.8) is 0 Å². The highest BCUT2D eigenvalue weighted by molar-refractivity contribution is 5.77. The first-order valence-corrected chi connectivity index (χ1v) is 10.8. The van der Waals surface area contributed by atoms with E-state index >= 15 is 0 Å². The molecule has 0 aliphatic heterocycles. The minimum Gasteiger partial charge on any atom is -0.491 e. The molecule has 0 aliphatic rings. The standard InChI is InChI=1S/C14H18N4O4.C9H10N4O2/c1-14(2,3)22-13(20)17-8-6-16-12(17)10-11(21-4)9(19)5-7-18(10)15;1-15-8-6(14)2-5-13(10)7(8)9-11-3-4-12-9/h5-8H,15H2,1-4H3;2-5H,10H2,1H3,(H,11,12). The topological polar surface area (TPSA) is 187 Å². The number of nitrogens with zero attached hydrogens (tertiary/aromatic N) is 5. The third-order valence-corrected chi connectivity index (χ3v) is 4.74. The molecule has 0 atom stereocenters. The van der Waals surface area contributed by atoms with Crippen LogP contribution in [0.25, 0.3) is 23.0 Å². The van der Waals surface area contributed by atoms with Crippen LogP contribution in [0.2, 0.25) is 0 Å². The number of aromatic amines is 1. The molecule has 196 valence electrons. The van der Waals surface area contributed by atoms with Crippen LogP contribution >= 0.6 is 0 Å². The average Bonchev–Trinajstić information content (AvgIpc) is 3.53. The number of nitrogen functional groups attached to an aromatic ring is 2. The maximum Gasteiger partial charge on any atom is 0.420 e. The zero-order chi connectivity index (χ0) is 27.3. The van der Waals surface area contributed by atoms with Gasteiger partial charge in [-0.3, -0.25) is 18.9 Å². The van der Waals surface area contributed by atoms with Crippen molar-refractivity contribution in [2.24, 2.45) is 0 Å². The molecule has 0 amide bonds. The lowest BCUT2D eigenvalue weighted by atomic mass is 10.2. The van der Waals surface area contributed by atoms with E-state index in [0.29, 0.717) is 11.5 Å². The Kier molecular flexibility index (Phi) is 7.70. The summed E-state index contributed by atoms with van der Waals surface area (Å²) in [7, 11) is 2.77. The largest absolute Gasteiger partial charge is 0.491 e. The number of aromatic nitrogens is 6. The summed E-state index contributed by atoms with van der Waals surface area (Å²) in [4.78, 5) is 46.6. The van der Waals surface area contributed by atoms with E-state index in [4.69, 9.17) is 25.9 Å². The molecular weight excluding hydrogens is 484 g/mol. The first-order valence-electron chi connectivity index (χ1n) is 10.8. The van der Waals surface area contributed by atoms with Gasteiger partial charge in [0.05, 0.1) is 14.2 Å². The molecule has 5 N–H and O–H groups in total. The summed E-state index contributed by atoms with van der Waals surface area (Å²) >= 11 is 0. The summed E-state index contributed by atoms with van der Waals surface area (Å²) in [6, 6.07) is 2.61. The van der Waals surface area contributed by atoms with Crippen molar-refractivity contribution >= 4 is 6.09 Å². The molecule has 14 heteroatoms. The molecule has 14 nitrogen and oxygen atoms in total. The van der Waals surface area contributed by atoms with E-state index in [2.05, 4.69) is 15.0 Å². The normalized spacial score (nSPS) is 10.8. The van der Waals surface area contributed by atoms with Crippen LogP contribution < -0.4 is 32.0 Å². The third-order valence-electron chi connectivity index (χ3n) is 4.74. The molecular formula is C23H28N8O6. The molecule has 0 aliphatic carbocycles. The molecule has 0 unspecified atom stereocenters. The Morgan fingerprint density at radius 1 is 0.892 bits per heavy atom. The van der Waals surface area contributed by atoms with Crippen LogP contribution in [0.3, 0.4) is 0 Å². The van der Waals surface area contributed by atoms with Crippen molar-refractivity contribution in [3.8, 4) is 34.5 Å². The van der Waals surface area contributed by atoms with Crippen molar-refractivity contribution < 1.29 is 19.0 Å². The van der Waals surface area contributed by atoms with Crippen LogP contribution in [0.15, 0.2) is 58.9 Å². The molecule has 4 rings (SSSR count). The fourth-order valence-electron chi connectivity index (χ4n) is 3.24. The molecule has 0 aromatic carbocycles.